The van der Waals surface area contributed by atoms with Crippen LogP contribution in [-0.2, 0) is 11.2 Å². The third kappa shape index (κ3) is 3.38. The Balaban J connectivity index is 1.60. The number of nitrogens with two attached hydrogens (primary N) is 1. The van der Waals surface area contributed by atoms with Gasteiger partial charge in [0, 0.05) is 12.1 Å². The second kappa shape index (κ2) is 6.48. The topological polar surface area (TPSA) is 64.3 Å². The van der Waals surface area contributed by atoms with Gasteiger partial charge in [-0.25, -0.2) is 0 Å². The number of carbonyl (C=O) groups excluding carboxylic acids is 1. The van der Waals surface area contributed by atoms with E-state index in [2.05, 4.69) is 11.4 Å². The standard InChI is InChI=1S/C17H24N2O2/c18-15-9-3-8-14-13(15)7-4-10-16(14)21-11-17(20)19-12-5-1-2-6-12/h4,7,10,12,15H,1-3,5-6,8-9,11,18H2,(H,19,20). The number of carbonyl (C=O) groups is 1. The Morgan fingerprint density at radius 2 is 2.05 bits per heavy atom. The SMILES string of the molecule is NC1CCCc2c(OCC(=O)NC3CCCC3)cccc21. The van der Waals surface area contributed by atoms with Crippen LogP contribution in [-0.4, -0.2) is 18.6 Å². The highest BCUT2D eigenvalue weighted by molar-refractivity contribution is 5.77. The van der Waals surface area contributed by atoms with Gasteiger partial charge in [0.25, 0.3) is 5.91 Å². The molecule has 2 aliphatic rings. The number of ether oxygens (including phenoxy) is 1. The number of amides is 1. The molecule has 114 valence electrons. The monoisotopic (exact) mass is 288 g/mol. The fraction of sp³-hybridized carbons (Fsp3) is 0.588. The predicted molar refractivity (Wildman–Crippen MR) is 82.2 cm³/mol. The normalized spacial score (nSPS) is 21.9. The first-order valence-corrected chi connectivity index (χ1v) is 8.03. The molecule has 0 spiro atoms. The minimum absolute atomic E-state index is 0.0142. The number of hydrogen-bond acceptors (Lipinski definition) is 3. The Labute approximate surface area is 126 Å². The van der Waals surface area contributed by atoms with Crippen LogP contribution in [0.5, 0.6) is 5.75 Å². The van der Waals surface area contributed by atoms with Crippen molar-refractivity contribution in [2.24, 2.45) is 5.73 Å². The lowest BCUT2D eigenvalue weighted by Crippen LogP contribution is -2.36. The van der Waals surface area contributed by atoms with Crippen molar-refractivity contribution in [3.63, 3.8) is 0 Å². The van der Waals surface area contributed by atoms with Gasteiger partial charge in [-0.3, -0.25) is 4.79 Å². The van der Waals surface area contributed by atoms with Gasteiger partial charge < -0.3 is 15.8 Å². The van der Waals surface area contributed by atoms with Crippen molar-refractivity contribution < 1.29 is 9.53 Å². The van der Waals surface area contributed by atoms with E-state index in [1.807, 2.05) is 12.1 Å². The molecule has 21 heavy (non-hydrogen) atoms. The number of rotatable bonds is 4. The lowest BCUT2D eigenvalue weighted by atomic mass is 9.88. The first-order valence-electron chi connectivity index (χ1n) is 8.03. The van der Waals surface area contributed by atoms with E-state index in [9.17, 15) is 4.79 Å². The third-order valence-corrected chi connectivity index (χ3v) is 4.59. The minimum atomic E-state index is -0.0142. The third-order valence-electron chi connectivity index (χ3n) is 4.59. The van der Waals surface area contributed by atoms with E-state index in [1.165, 1.54) is 24.0 Å². The molecule has 0 radical (unpaired) electrons. The first-order chi connectivity index (χ1) is 10.2. The zero-order valence-corrected chi connectivity index (χ0v) is 12.4. The van der Waals surface area contributed by atoms with E-state index in [0.29, 0.717) is 6.04 Å². The van der Waals surface area contributed by atoms with Gasteiger partial charge in [0.05, 0.1) is 0 Å². The molecule has 1 atom stereocenters. The molecule has 1 fully saturated rings. The van der Waals surface area contributed by atoms with Gasteiger partial charge in [-0.15, -0.1) is 0 Å². The molecule has 3 rings (SSSR count). The van der Waals surface area contributed by atoms with Crippen LogP contribution in [0.1, 0.15) is 55.7 Å². The second-order valence-electron chi connectivity index (χ2n) is 6.16. The Kier molecular flexibility index (Phi) is 4.44. The largest absolute Gasteiger partial charge is 0.483 e. The summed E-state index contributed by atoms with van der Waals surface area (Å²) in [7, 11) is 0. The summed E-state index contributed by atoms with van der Waals surface area (Å²) in [5.41, 5.74) is 8.51. The molecule has 2 aliphatic carbocycles. The lowest BCUT2D eigenvalue weighted by Gasteiger charge is -2.24. The van der Waals surface area contributed by atoms with Crippen molar-refractivity contribution >= 4 is 5.91 Å². The Morgan fingerprint density at radius 1 is 1.24 bits per heavy atom. The zero-order valence-electron chi connectivity index (χ0n) is 12.4. The predicted octanol–water partition coefficient (Wildman–Crippen LogP) is 2.46. The summed E-state index contributed by atoms with van der Waals surface area (Å²) in [4.78, 5) is 11.9. The van der Waals surface area contributed by atoms with E-state index in [4.69, 9.17) is 10.5 Å². The van der Waals surface area contributed by atoms with E-state index in [-0.39, 0.29) is 18.6 Å². The lowest BCUT2D eigenvalue weighted by molar-refractivity contribution is -0.123. The highest BCUT2D eigenvalue weighted by Gasteiger charge is 2.21. The van der Waals surface area contributed by atoms with Crippen molar-refractivity contribution in [3.05, 3.63) is 29.3 Å². The summed E-state index contributed by atoms with van der Waals surface area (Å²) in [6, 6.07) is 6.43. The van der Waals surface area contributed by atoms with Gasteiger partial charge in [-0.1, -0.05) is 25.0 Å². The van der Waals surface area contributed by atoms with Crippen LogP contribution in [0.2, 0.25) is 0 Å². The van der Waals surface area contributed by atoms with Crippen LogP contribution < -0.4 is 15.8 Å². The van der Waals surface area contributed by atoms with Crippen LogP contribution >= 0.6 is 0 Å². The molecular weight excluding hydrogens is 264 g/mol. The van der Waals surface area contributed by atoms with E-state index >= 15 is 0 Å². The summed E-state index contributed by atoms with van der Waals surface area (Å²) in [5, 5.41) is 3.05. The maximum atomic E-state index is 11.9. The molecule has 0 bridgehead atoms. The summed E-state index contributed by atoms with van der Waals surface area (Å²) in [6.07, 6.45) is 7.74. The zero-order chi connectivity index (χ0) is 14.7. The van der Waals surface area contributed by atoms with Crippen LogP contribution in [0.25, 0.3) is 0 Å². The first kappa shape index (κ1) is 14.4. The minimum Gasteiger partial charge on any atom is -0.483 e. The summed E-state index contributed by atoms with van der Waals surface area (Å²) in [5.74, 6) is 0.809. The summed E-state index contributed by atoms with van der Waals surface area (Å²) >= 11 is 0. The van der Waals surface area contributed by atoms with Crippen LogP contribution in [0, 0.1) is 0 Å². The summed E-state index contributed by atoms with van der Waals surface area (Å²) < 4.78 is 5.76. The molecule has 0 saturated heterocycles. The van der Waals surface area contributed by atoms with Crippen LogP contribution in [0.15, 0.2) is 18.2 Å². The van der Waals surface area contributed by atoms with Crippen molar-refractivity contribution in [1.29, 1.82) is 0 Å². The van der Waals surface area contributed by atoms with Gasteiger partial charge in [-0.2, -0.15) is 0 Å². The van der Waals surface area contributed by atoms with Gasteiger partial charge >= 0.3 is 0 Å². The Hall–Kier alpha value is -1.55. The highest BCUT2D eigenvalue weighted by atomic mass is 16.5. The number of fused-ring (bicyclic) bond motifs is 1. The fourth-order valence-electron chi connectivity index (χ4n) is 3.47. The molecular formula is C17H24N2O2. The molecule has 0 heterocycles. The average Bonchev–Trinajstić information content (AvgIpc) is 2.98. The molecule has 1 aromatic rings. The van der Waals surface area contributed by atoms with Crippen molar-refractivity contribution in [2.45, 2.75) is 57.0 Å². The maximum Gasteiger partial charge on any atom is 0.258 e. The summed E-state index contributed by atoms with van der Waals surface area (Å²) in [6.45, 7) is 0.0994. The quantitative estimate of drug-likeness (QED) is 0.894. The molecule has 1 amide bonds. The second-order valence-corrected chi connectivity index (χ2v) is 6.16. The van der Waals surface area contributed by atoms with Crippen LogP contribution in [0.4, 0.5) is 0 Å². The Bertz CT molecular complexity index is 510. The van der Waals surface area contributed by atoms with Gasteiger partial charge in [0.1, 0.15) is 5.75 Å². The number of nitrogens with one attached hydrogen (secondary N) is 1. The average molecular weight is 288 g/mol. The highest BCUT2D eigenvalue weighted by Crippen LogP contribution is 2.33. The van der Waals surface area contributed by atoms with Gasteiger partial charge in [0.15, 0.2) is 6.61 Å². The van der Waals surface area contributed by atoms with E-state index in [0.717, 1.165) is 37.9 Å². The molecule has 1 saturated carbocycles. The Morgan fingerprint density at radius 3 is 2.86 bits per heavy atom. The van der Waals surface area contributed by atoms with Crippen LogP contribution in [0.3, 0.4) is 0 Å². The smallest absolute Gasteiger partial charge is 0.258 e. The molecule has 0 aromatic heterocycles. The molecule has 0 aliphatic heterocycles. The van der Waals surface area contributed by atoms with E-state index < -0.39 is 0 Å². The van der Waals surface area contributed by atoms with Gasteiger partial charge in [0.2, 0.25) is 0 Å². The molecule has 1 unspecified atom stereocenters. The van der Waals surface area contributed by atoms with Crippen molar-refractivity contribution in [3.8, 4) is 5.75 Å². The number of benzene rings is 1. The maximum absolute atomic E-state index is 11.9. The number of hydrogen-bond donors (Lipinski definition) is 2. The van der Waals surface area contributed by atoms with Crippen molar-refractivity contribution in [1.82, 2.24) is 5.32 Å². The molecule has 4 nitrogen and oxygen atoms in total. The van der Waals surface area contributed by atoms with Crippen molar-refractivity contribution in [2.75, 3.05) is 6.61 Å². The molecule has 4 heteroatoms. The molecule has 3 N–H and O–H groups in total. The molecule has 1 aromatic carbocycles. The van der Waals surface area contributed by atoms with Gasteiger partial charge in [-0.05, 0) is 49.3 Å². The van der Waals surface area contributed by atoms with E-state index in [1.54, 1.807) is 0 Å². The fourth-order valence-corrected chi connectivity index (χ4v) is 3.47.